The predicted octanol–water partition coefficient (Wildman–Crippen LogP) is 2.70. The van der Waals surface area contributed by atoms with Crippen LogP contribution < -0.4 is 15.4 Å². The molecule has 4 heteroatoms. The van der Waals surface area contributed by atoms with Gasteiger partial charge in [-0.15, -0.1) is 0 Å². The number of hydrogen-bond acceptors (Lipinski definition) is 4. The van der Waals surface area contributed by atoms with E-state index >= 15 is 0 Å². The van der Waals surface area contributed by atoms with Crippen LogP contribution >= 0.6 is 0 Å². The number of hydrogen-bond donors (Lipinski definition) is 1. The molecule has 0 amide bonds. The molecule has 0 radical (unpaired) electrons. The smallest absolute Gasteiger partial charge is 0.239 e. The van der Waals surface area contributed by atoms with E-state index < -0.39 is 0 Å². The van der Waals surface area contributed by atoms with Crippen LogP contribution in [0.15, 0.2) is 42.5 Å². The third-order valence-electron chi connectivity index (χ3n) is 2.81. The first-order valence-corrected chi connectivity index (χ1v) is 6.35. The Balaban J connectivity index is 2.15. The molecular weight excluding hydrogens is 238 g/mol. The maximum atomic E-state index is 5.82. The van der Waals surface area contributed by atoms with Crippen LogP contribution in [0.5, 0.6) is 5.88 Å². The van der Waals surface area contributed by atoms with Gasteiger partial charge in [-0.3, -0.25) is 0 Å². The molecule has 4 nitrogen and oxygen atoms in total. The maximum absolute atomic E-state index is 5.82. The molecule has 0 aliphatic carbocycles. The molecule has 0 bridgehead atoms. The van der Waals surface area contributed by atoms with E-state index in [0.717, 1.165) is 12.4 Å². The molecule has 100 valence electrons. The first-order chi connectivity index (χ1) is 9.20. The van der Waals surface area contributed by atoms with Crippen LogP contribution in [0.3, 0.4) is 0 Å². The molecule has 0 aliphatic heterocycles. The number of nitrogen functional groups attached to an aromatic ring is 1. The Labute approximate surface area is 113 Å². The number of pyridine rings is 1. The average Bonchev–Trinajstić information content (AvgIpc) is 2.42. The van der Waals surface area contributed by atoms with Gasteiger partial charge in [0, 0.05) is 13.6 Å². The third kappa shape index (κ3) is 3.37. The summed E-state index contributed by atoms with van der Waals surface area (Å²) in [5.74, 6) is 1.35. The van der Waals surface area contributed by atoms with Crippen molar-refractivity contribution in [3.05, 3.63) is 48.0 Å². The zero-order valence-corrected chi connectivity index (χ0v) is 11.3. The maximum Gasteiger partial charge on any atom is 0.239 e. The molecule has 19 heavy (non-hydrogen) atoms. The summed E-state index contributed by atoms with van der Waals surface area (Å²) in [5.41, 5.74) is 7.63. The van der Waals surface area contributed by atoms with Gasteiger partial charge in [0.05, 0.1) is 12.3 Å². The van der Waals surface area contributed by atoms with Crippen LogP contribution in [-0.2, 0) is 6.54 Å². The first-order valence-electron chi connectivity index (χ1n) is 6.35. The monoisotopic (exact) mass is 257 g/mol. The van der Waals surface area contributed by atoms with E-state index in [-0.39, 0.29) is 0 Å². The highest BCUT2D eigenvalue weighted by Crippen LogP contribution is 2.23. The van der Waals surface area contributed by atoms with E-state index in [1.54, 1.807) is 0 Å². The Morgan fingerprint density at radius 2 is 1.89 bits per heavy atom. The lowest BCUT2D eigenvalue weighted by Crippen LogP contribution is -2.18. The minimum absolute atomic E-state index is 0.500. The van der Waals surface area contributed by atoms with Gasteiger partial charge in [-0.1, -0.05) is 30.3 Å². The van der Waals surface area contributed by atoms with E-state index in [9.17, 15) is 0 Å². The summed E-state index contributed by atoms with van der Waals surface area (Å²) in [6.45, 7) is 3.27. The molecule has 0 fully saturated rings. The second kappa shape index (κ2) is 6.09. The van der Waals surface area contributed by atoms with Crippen LogP contribution in [0.4, 0.5) is 11.5 Å². The van der Waals surface area contributed by atoms with Gasteiger partial charge >= 0.3 is 0 Å². The second-order valence-electron chi connectivity index (χ2n) is 4.34. The Morgan fingerprint density at radius 1 is 1.16 bits per heavy atom. The number of ether oxygens (including phenoxy) is 1. The van der Waals surface area contributed by atoms with E-state index in [1.165, 1.54) is 5.56 Å². The molecule has 2 aromatic rings. The van der Waals surface area contributed by atoms with Crippen molar-refractivity contribution in [1.29, 1.82) is 0 Å². The number of aromatic nitrogens is 1. The average molecular weight is 257 g/mol. The van der Waals surface area contributed by atoms with Crippen molar-refractivity contribution >= 4 is 11.5 Å². The van der Waals surface area contributed by atoms with Crippen molar-refractivity contribution in [2.24, 2.45) is 0 Å². The minimum atomic E-state index is 0.500. The van der Waals surface area contributed by atoms with Gasteiger partial charge in [0.1, 0.15) is 5.82 Å². The molecule has 0 unspecified atom stereocenters. The van der Waals surface area contributed by atoms with Crippen molar-refractivity contribution in [3.8, 4) is 5.88 Å². The molecule has 0 saturated carbocycles. The number of benzene rings is 1. The summed E-state index contributed by atoms with van der Waals surface area (Å²) in [7, 11) is 2.00. The molecule has 1 aromatic heterocycles. The highest BCUT2D eigenvalue weighted by molar-refractivity contribution is 5.54. The number of nitrogens with zero attached hydrogens (tertiary/aromatic N) is 2. The molecule has 1 heterocycles. The Morgan fingerprint density at radius 3 is 2.58 bits per heavy atom. The molecule has 0 atom stereocenters. The van der Waals surface area contributed by atoms with Crippen molar-refractivity contribution in [2.75, 3.05) is 24.3 Å². The topological polar surface area (TPSA) is 51.4 Å². The fourth-order valence-corrected chi connectivity index (χ4v) is 1.84. The highest BCUT2D eigenvalue weighted by atomic mass is 16.5. The second-order valence-corrected chi connectivity index (χ2v) is 4.34. The lowest BCUT2D eigenvalue weighted by Gasteiger charge is -2.19. The molecule has 2 N–H and O–H groups in total. The van der Waals surface area contributed by atoms with Crippen LogP contribution in [-0.4, -0.2) is 18.6 Å². The van der Waals surface area contributed by atoms with Gasteiger partial charge in [0.2, 0.25) is 5.88 Å². The largest absolute Gasteiger partial charge is 0.476 e. The lowest BCUT2D eigenvalue weighted by molar-refractivity contribution is 0.329. The Kier molecular flexibility index (Phi) is 4.23. The number of anilines is 2. The van der Waals surface area contributed by atoms with Gasteiger partial charge in [-0.25, -0.2) is 0 Å². The summed E-state index contributed by atoms with van der Waals surface area (Å²) >= 11 is 0. The summed E-state index contributed by atoms with van der Waals surface area (Å²) in [4.78, 5) is 6.50. The van der Waals surface area contributed by atoms with Gasteiger partial charge in [0.25, 0.3) is 0 Å². The van der Waals surface area contributed by atoms with E-state index in [4.69, 9.17) is 10.5 Å². The first kappa shape index (κ1) is 13.2. The van der Waals surface area contributed by atoms with Crippen LogP contribution in [0.1, 0.15) is 12.5 Å². The van der Waals surface area contributed by atoms with Gasteiger partial charge < -0.3 is 15.4 Å². The van der Waals surface area contributed by atoms with Gasteiger partial charge in [-0.05, 0) is 24.6 Å². The van der Waals surface area contributed by atoms with Crippen molar-refractivity contribution in [3.63, 3.8) is 0 Å². The van der Waals surface area contributed by atoms with E-state index in [2.05, 4.69) is 22.0 Å². The minimum Gasteiger partial charge on any atom is -0.476 e. The molecule has 2 rings (SSSR count). The standard InChI is InChI=1S/C15H19N3O/c1-3-19-15-13(16)9-10-14(17-15)18(2)11-12-7-5-4-6-8-12/h4-10H,3,11,16H2,1-2H3. The summed E-state index contributed by atoms with van der Waals surface area (Å²) in [6.07, 6.45) is 0. The van der Waals surface area contributed by atoms with Crippen LogP contribution in [0, 0.1) is 0 Å². The fraction of sp³-hybridized carbons (Fsp3) is 0.267. The normalized spacial score (nSPS) is 10.2. The van der Waals surface area contributed by atoms with Crippen molar-refractivity contribution in [1.82, 2.24) is 4.98 Å². The van der Waals surface area contributed by atoms with Gasteiger partial charge in [0.15, 0.2) is 0 Å². The van der Waals surface area contributed by atoms with E-state index in [1.807, 2.05) is 44.3 Å². The summed E-state index contributed by atoms with van der Waals surface area (Å²) < 4.78 is 5.41. The molecule has 0 spiro atoms. The number of nitrogens with two attached hydrogens (primary N) is 1. The lowest BCUT2D eigenvalue weighted by atomic mass is 10.2. The van der Waals surface area contributed by atoms with Crippen LogP contribution in [0.2, 0.25) is 0 Å². The summed E-state index contributed by atoms with van der Waals surface area (Å²) in [5, 5.41) is 0. The van der Waals surface area contributed by atoms with E-state index in [0.29, 0.717) is 18.2 Å². The fourth-order valence-electron chi connectivity index (χ4n) is 1.84. The van der Waals surface area contributed by atoms with Gasteiger partial charge in [-0.2, -0.15) is 4.98 Å². The quantitative estimate of drug-likeness (QED) is 0.894. The van der Waals surface area contributed by atoms with Crippen molar-refractivity contribution in [2.45, 2.75) is 13.5 Å². The zero-order valence-electron chi connectivity index (χ0n) is 11.3. The SMILES string of the molecule is CCOc1nc(N(C)Cc2ccccc2)ccc1N. The Hall–Kier alpha value is -2.23. The van der Waals surface area contributed by atoms with Crippen LogP contribution in [0.25, 0.3) is 0 Å². The highest BCUT2D eigenvalue weighted by Gasteiger charge is 2.08. The third-order valence-corrected chi connectivity index (χ3v) is 2.81. The molecule has 0 saturated heterocycles. The predicted molar refractivity (Wildman–Crippen MR) is 78.4 cm³/mol. The Bertz CT molecular complexity index is 528. The molecular formula is C15H19N3O. The summed E-state index contributed by atoms with van der Waals surface area (Å²) in [6, 6.07) is 14.0. The molecule has 0 aliphatic rings. The number of rotatable bonds is 5. The zero-order chi connectivity index (χ0) is 13.7. The molecule has 1 aromatic carbocycles. The van der Waals surface area contributed by atoms with Crippen molar-refractivity contribution < 1.29 is 4.74 Å².